The number of hydrogen-bond donors (Lipinski definition) is 1. The van der Waals surface area contributed by atoms with E-state index in [0.717, 1.165) is 32.2 Å². The van der Waals surface area contributed by atoms with Crippen molar-refractivity contribution in [3.63, 3.8) is 0 Å². The Morgan fingerprint density at radius 1 is 1.26 bits per heavy atom. The van der Waals surface area contributed by atoms with Gasteiger partial charge in [-0.1, -0.05) is 0 Å². The number of morpholine rings is 1. The van der Waals surface area contributed by atoms with Crippen LogP contribution in [0.1, 0.15) is 46.5 Å². The molecule has 1 aliphatic heterocycles. The first-order chi connectivity index (χ1) is 10.9. The fourth-order valence-corrected chi connectivity index (χ4v) is 3.19. The van der Waals surface area contributed by atoms with Crippen LogP contribution in [0.25, 0.3) is 0 Å². The van der Waals surface area contributed by atoms with Crippen LogP contribution in [0.15, 0.2) is 0 Å². The van der Waals surface area contributed by atoms with Gasteiger partial charge in [-0.3, -0.25) is 4.90 Å². The summed E-state index contributed by atoms with van der Waals surface area (Å²) in [5.41, 5.74) is -0.466. The summed E-state index contributed by atoms with van der Waals surface area (Å²) in [4.78, 5) is 14.2. The summed E-state index contributed by atoms with van der Waals surface area (Å²) < 4.78 is 16.5. The summed E-state index contributed by atoms with van der Waals surface area (Å²) >= 11 is 0. The van der Waals surface area contributed by atoms with Gasteiger partial charge in [0.1, 0.15) is 5.60 Å². The maximum atomic E-state index is 12.4. The average molecular weight is 328 g/mol. The standard InChI is InChI=1S/C17H32N2O4/c1-17(2,3)23-16(20)19-9-10-22-12-14(19)11-18-13-5-7-15(21-4)8-6-13/h13-15,18H,5-12H2,1-4H3. The van der Waals surface area contributed by atoms with Crippen molar-refractivity contribution in [2.45, 2.75) is 70.2 Å². The van der Waals surface area contributed by atoms with E-state index in [1.54, 1.807) is 7.11 Å². The molecule has 1 heterocycles. The van der Waals surface area contributed by atoms with Gasteiger partial charge in [-0.15, -0.1) is 0 Å². The lowest BCUT2D eigenvalue weighted by atomic mass is 9.93. The summed E-state index contributed by atoms with van der Waals surface area (Å²) in [6, 6.07) is 0.544. The van der Waals surface area contributed by atoms with Crippen molar-refractivity contribution < 1.29 is 19.0 Å². The minimum Gasteiger partial charge on any atom is -0.444 e. The van der Waals surface area contributed by atoms with Crippen LogP contribution in [0.5, 0.6) is 0 Å². The molecule has 0 aromatic heterocycles. The lowest BCUT2D eigenvalue weighted by Crippen LogP contribution is -2.55. The van der Waals surface area contributed by atoms with Crippen LogP contribution >= 0.6 is 0 Å². The van der Waals surface area contributed by atoms with E-state index in [1.807, 2.05) is 25.7 Å². The molecule has 0 spiro atoms. The third kappa shape index (κ3) is 5.94. The van der Waals surface area contributed by atoms with Gasteiger partial charge in [0, 0.05) is 26.2 Å². The number of nitrogens with zero attached hydrogens (tertiary/aromatic N) is 1. The van der Waals surface area contributed by atoms with Gasteiger partial charge in [0.2, 0.25) is 0 Å². The molecule has 1 amide bonds. The van der Waals surface area contributed by atoms with E-state index in [-0.39, 0.29) is 12.1 Å². The normalized spacial score (nSPS) is 29.4. The zero-order valence-electron chi connectivity index (χ0n) is 15.0. The molecule has 0 radical (unpaired) electrons. The monoisotopic (exact) mass is 328 g/mol. The molecule has 134 valence electrons. The van der Waals surface area contributed by atoms with Gasteiger partial charge in [-0.05, 0) is 46.5 Å². The third-order valence-corrected chi connectivity index (χ3v) is 4.51. The van der Waals surface area contributed by atoms with Crippen molar-refractivity contribution in [2.75, 3.05) is 33.4 Å². The molecule has 6 heteroatoms. The van der Waals surface area contributed by atoms with Gasteiger partial charge < -0.3 is 19.5 Å². The molecular weight excluding hydrogens is 296 g/mol. The van der Waals surface area contributed by atoms with Crippen molar-refractivity contribution in [2.24, 2.45) is 0 Å². The van der Waals surface area contributed by atoms with Crippen molar-refractivity contribution in [3.05, 3.63) is 0 Å². The first kappa shape index (κ1) is 18.5. The summed E-state index contributed by atoms with van der Waals surface area (Å²) in [5, 5.41) is 3.60. The van der Waals surface area contributed by atoms with Crippen LogP contribution < -0.4 is 5.32 Å². The number of carbonyl (C=O) groups is 1. The molecule has 2 fully saturated rings. The van der Waals surface area contributed by atoms with Crippen LogP contribution in [0.4, 0.5) is 4.79 Å². The molecule has 6 nitrogen and oxygen atoms in total. The Hall–Kier alpha value is -0.850. The second kappa shape index (κ2) is 8.31. The van der Waals surface area contributed by atoms with E-state index in [9.17, 15) is 4.79 Å². The fourth-order valence-electron chi connectivity index (χ4n) is 3.19. The molecule has 1 saturated heterocycles. The summed E-state index contributed by atoms with van der Waals surface area (Å²) in [5.74, 6) is 0. The van der Waals surface area contributed by atoms with Gasteiger partial charge in [0.25, 0.3) is 0 Å². The molecule has 2 rings (SSSR count). The number of ether oxygens (including phenoxy) is 3. The number of hydrogen-bond acceptors (Lipinski definition) is 5. The Morgan fingerprint density at radius 3 is 2.57 bits per heavy atom. The molecule has 2 aliphatic rings. The Morgan fingerprint density at radius 2 is 1.96 bits per heavy atom. The predicted molar refractivity (Wildman–Crippen MR) is 88.6 cm³/mol. The van der Waals surface area contributed by atoms with E-state index in [0.29, 0.717) is 31.9 Å². The number of amides is 1. The number of nitrogens with one attached hydrogen (secondary N) is 1. The highest BCUT2D eigenvalue weighted by molar-refractivity contribution is 5.68. The zero-order valence-corrected chi connectivity index (χ0v) is 15.0. The maximum absolute atomic E-state index is 12.4. The largest absolute Gasteiger partial charge is 0.444 e. The minimum absolute atomic E-state index is 0.0405. The fraction of sp³-hybridized carbons (Fsp3) is 0.941. The second-order valence-electron chi connectivity index (χ2n) is 7.52. The molecule has 1 N–H and O–H groups in total. The van der Waals surface area contributed by atoms with Crippen LogP contribution in [0.2, 0.25) is 0 Å². The van der Waals surface area contributed by atoms with Gasteiger partial charge >= 0.3 is 6.09 Å². The second-order valence-corrected chi connectivity index (χ2v) is 7.52. The van der Waals surface area contributed by atoms with E-state index < -0.39 is 5.60 Å². The smallest absolute Gasteiger partial charge is 0.410 e. The molecule has 0 aromatic rings. The van der Waals surface area contributed by atoms with Crippen LogP contribution in [-0.2, 0) is 14.2 Å². The first-order valence-electron chi connectivity index (χ1n) is 8.72. The van der Waals surface area contributed by atoms with Crippen LogP contribution in [0.3, 0.4) is 0 Å². The van der Waals surface area contributed by atoms with Crippen LogP contribution in [0, 0.1) is 0 Å². The van der Waals surface area contributed by atoms with Gasteiger partial charge in [-0.2, -0.15) is 0 Å². The quantitative estimate of drug-likeness (QED) is 0.857. The Kier molecular flexibility index (Phi) is 6.68. The molecule has 1 atom stereocenters. The van der Waals surface area contributed by atoms with Crippen molar-refractivity contribution >= 4 is 6.09 Å². The Bertz CT molecular complexity index is 375. The lowest BCUT2D eigenvalue weighted by Gasteiger charge is -2.38. The van der Waals surface area contributed by atoms with E-state index >= 15 is 0 Å². The number of rotatable bonds is 4. The highest BCUT2D eigenvalue weighted by Crippen LogP contribution is 2.21. The molecule has 0 aromatic carbocycles. The van der Waals surface area contributed by atoms with E-state index in [2.05, 4.69) is 5.32 Å². The predicted octanol–water partition coefficient (Wildman–Crippen LogP) is 2.17. The van der Waals surface area contributed by atoms with Crippen LogP contribution in [-0.4, -0.2) is 68.2 Å². The summed E-state index contributed by atoms with van der Waals surface area (Å²) in [7, 11) is 1.79. The molecule has 0 bridgehead atoms. The van der Waals surface area contributed by atoms with Crippen molar-refractivity contribution in [3.8, 4) is 0 Å². The Balaban J connectivity index is 1.81. The third-order valence-electron chi connectivity index (χ3n) is 4.51. The van der Waals surface area contributed by atoms with Gasteiger partial charge in [0.15, 0.2) is 0 Å². The average Bonchev–Trinajstić information content (AvgIpc) is 2.52. The summed E-state index contributed by atoms with van der Waals surface area (Å²) in [6.07, 6.45) is 4.62. The maximum Gasteiger partial charge on any atom is 0.410 e. The number of carbonyl (C=O) groups excluding carboxylic acids is 1. The minimum atomic E-state index is -0.466. The van der Waals surface area contributed by atoms with E-state index in [1.165, 1.54) is 0 Å². The lowest BCUT2D eigenvalue weighted by molar-refractivity contribution is -0.0327. The highest BCUT2D eigenvalue weighted by atomic mass is 16.6. The SMILES string of the molecule is COC1CCC(NCC2COCCN2C(=O)OC(C)(C)C)CC1. The number of methoxy groups -OCH3 is 1. The van der Waals surface area contributed by atoms with Gasteiger partial charge in [0.05, 0.1) is 25.4 Å². The molecule has 1 saturated carbocycles. The molecule has 1 unspecified atom stereocenters. The van der Waals surface area contributed by atoms with E-state index in [4.69, 9.17) is 14.2 Å². The molecular formula is C17H32N2O4. The Labute approximate surface area is 139 Å². The topological polar surface area (TPSA) is 60.0 Å². The molecule has 23 heavy (non-hydrogen) atoms. The molecule has 1 aliphatic carbocycles. The van der Waals surface area contributed by atoms with Gasteiger partial charge in [-0.25, -0.2) is 4.79 Å². The summed E-state index contributed by atoms with van der Waals surface area (Å²) in [6.45, 7) is 8.18. The first-order valence-corrected chi connectivity index (χ1v) is 8.72. The highest BCUT2D eigenvalue weighted by Gasteiger charge is 2.31. The van der Waals surface area contributed by atoms with Crippen molar-refractivity contribution in [1.82, 2.24) is 10.2 Å². The zero-order chi connectivity index (χ0) is 16.9. The van der Waals surface area contributed by atoms with Crippen molar-refractivity contribution in [1.29, 1.82) is 0 Å².